The lowest BCUT2D eigenvalue weighted by molar-refractivity contribution is -0.133. The van der Waals surface area contributed by atoms with Gasteiger partial charge in [0.1, 0.15) is 0 Å². The van der Waals surface area contributed by atoms with E-state index in [1.807, 2.05) is 4.90 Å². The summed E-state index contributed by atoms with van der Waals surface area (Å²) >= 11 is 3.43. The first-order valence-corrected chi connectivity index (χ1v) is 5.82. The molecule has 2 aliphatic rings. The van der Waals surface area contributed by atoms with Crippen molar-refractivity contribution in [3.8, 4) is 0 Å². The van der Waals surface area contributed by atoms with Gasteiger partial charge < -0.3 is 4.90 Å². The molecule has 1 saturated heterocycles. The minimum atomic E-state index is 0.0650. The van der Waals surface area contributed by atoms with Gasteiger partial charge in [0.2, 0.25) is 5.91 Å². The van der Waals surface area contributed by atoms with Crippen LogP contribution in [0, 0.1) is 0 Å². The lowest BCUT2D eigenvalue weighted by Gasteiger charge is -2.33. The van der Waals surface area contributed by atoms with Crippen molar-refractivity contribution in [1.82, 2.24) is 4.90 Å². The van der Waals surface area contributed by atoms with Crippen molar-refractivity contribution in [3.63, 3.8) is 0 Å². The average molecular weight is 244 g/mol. The quantitative estimate of drug-likeness (QED) is 0.511. The van der Waals surface area contributed by atoms with Crippen molar-refractivity contribution in [1.29, 1.82) is 0 Å². The van der Waals surface area contributed by atoms with Gasteiger partial charge in [-0.25, -0.2) is 0 Å². The topological polar surface area (TPSA) is 20.3 Å². The molecule has 0 saturated carbocycles. The van der Waals surface area contributed by atoms with E-state index in [-0.39, 0.29) is 10.7 Å². The van der Waals surface area contributed by atoms with Crippen molar-refractivity contribution in [2.75, 3.05) is 6.54 Å². The van der Waals surface area contributed by atoms with Crippen LogP contribution in [0.1, 0.15) is 25.7 Å². The molecule has 1 aliphatic carbocycles. The summed E-state index contributed by atoms with van der Waals surface area (Å²) < 4.78 is 0. The van der Waals surface area contributed by atoms with Gasteiger partial charge in [-0.05, 0) is 25.7 Å². The van der Waals surface area contributed by atoms with Crippen LogP contribution in [0.25, 0.3) is 0 Å². The summed E-state index contributed by atoms with van der Waals surface area (Å²) in [5.41, 5.74) is 0. The minimum absolute atomic E-state index is 0.0650. The van der Waals surface area contributed by atoms with Crippen LogP contribution in [0.2, 0.25) is 0 Å². The molecule has 1 fully saturated rings. The van der Waals surface area contributed by atoms with Gasteiger partial charge in [-0.3, -0.25) is 4.79 Å². The fraction of sp³-hybridized carbons (Fsp3) is 0.700. The summed E-state index contributed by atoms with van der Waals surface area (Å²) in [6, 6.07) is 0.382. The van der Waals surface area contributed by atoms with Gasteiger partial charge in [0, 0.05) is 6.54 Å². The molecule has 0 aromatic heterocycles. The Bertz CT molecular complexity index is 239. The fourth-order valence-electron chi connectivity index (χ4n) is 2.06. The number of nitrogens with zero attached hydrogens (tertiary/aromatic N) is 1. The van der Waals surface area contributed by atoms with Crippen LogP contribution >= 0.6 is 15.9 Å². The summed E-state index contributed by atoms with van der Waals surface area (Å²) in [4.78, 5) is 13.8. The van der Waals surface area contributed by atoms with Crippen molar-refractivity contribution in [2.24, 2.45) is 0 Å². The third kappa shape index (κ3) is 1.80. The van der Waals surface area contributed by atoms with Gasteiger partial charge in [0.05, 0.1) is 10.9 Å². The number of carbonyl (C=O) groups is 1. The molecule has 2 nitrogen and oxygen atoms in total. The molecule has 0 spiro atoms. The molecule has 0 bridgehead atoms. The summed E-state index contributed by atoms with van der Waals surface area (Å²) in [5, 5.41) is 0. The summed E-state index contributed by atoms with van der Waals surface area (Å²) in [6.07, 6.45) is 8.71. The highest BCUT2D eigenvalue weighted by atomic mass is 79.9. The predicted octanol–water partition coefficient (Wildman–Crippen LogP) is 2.09. The number of piperidine rings is 1. The third-order valence-electron chi connectivity index (χ3n) is 2.80. The zero-order chi connectivity index (χ0) is 9.26. The molecule has 3 heteroatoms. The van der Waals surface area contributed by atoms with Gasteiger partial charge in [-0.2, -0.15) is 0 Å². The lowest BCUT2D eigenvalue weighted by atomic mass is 10.1. The second-order valence-electron chi connectivity index (χ2n) is 3.71. The minimum Gasteiger partial charge on any atom is -0.335 e. The van der Waals surface area contributed by atoms with E-state index in [0.29, 0.717) is 6.04 Å². The number of carbonyl (C=O) groups excluding carboxylic acids is 1. The first-order valence-electron chi connectivity index (χ1n) is 4.90. The van der Waals surface area contributed by atoms with Crippen molar-refractivity contribution < 1.29 is 4.79 Å². The van der Waals surface area contributed by atoms with Crippen LogP contribution in [0.4, 0.5) is 0 Å². The van der Waals surface area contributed by atoms with Crippen LogP contribution in [-0.4, -0.2) is 28.2 Å². The van der Waals surface area contributed by atoms with E-state index in [2.05, 4.69) is 28.1 Å². The molecule has 2 atom stereocenters. The number of allylic oxidation sites excluding steroid dienone is 1. The highest BCUT2D eigenvalue weighted by Gasteiger charge is 2.31. The molecular formula is C10H14BrNO. The molecule has 0 radical (unpaired) electrons. The highest BCUT2D eigenvalue weighted by Crippen LogP contribution is 2.24. The zero-order valence-corrected chi connectivity index (χ0v) is 9.16. The SMILES string of the molecule is O=C1C(Br)CCCN1C1C=CCC1. The Hall–Kier alpha value is -0.310. The Labute approximate surface area is 87.1 Å². The summed E-state index contributed by atoms with van der Waals surface area (Å²) in [6.45, 7) is 0.940. The fourth-order valence-corrected chi connectivity index (χ4v) is 2.65. The third-order valence-corrected chi connectivity index (χ3v) is 3.64. The van der Waals surface area contributed by atoms with Crippen LogP contribution in [0.5, 0.6) is 0 Å². The van der Waals surface area contributed by atoms with Crippen molar-refractivity contribution in [2.45, 2.75) is 36.6 Å². The predicted molar refractivity (Wildman–Crippen MR) is 55.8 cm³/mol. The molecule has 1 heterocycles. The summed E-state index contributed by atoms with van der Waals surface area (Å²) in [7, 11) is 0. The normalized spacial score (nSPS) is 34.2. The van der Waals surface area contributed by atoms with Gasteiger partial charge in [0.25, 0.3) is 0 Å². The van der Waals surface area contributed by atoms with E-state index < -0.39 is 0 Å². The number of likely N-dealkylation sites (tertiary alicyclic amines) is 1. The molecule has 1 aliphatic heterocycles. The standard InChI is InChI=1S/C10H14BrNO/c11-9-6-3-7-12(10(9)13)8-4-1-2-5-8/h1,4,8-9H,2-3,5-7H2. The number of alkyl halides is 1. The monoisotopic (exact) mass is 243 g/mol. The van der Waals surface area contributed by atoms with Crippen LogP contribution in [-0.2, 0) is 4.79 Å². The molecule has 72 valence electrons. The Balaban J connectivity index is 2.04. The van der Waals surface area contributed by atoms with E-state index >= 15 is 0 Å². The molecular weight excluding hydrogens is 230 g/mol. The van der Waals surface area contributed by atoms with Gasteiger partial charge in [-0.15, -0.1) is 0 Å². The summed E-state index contributed by atoms with van der Waals surface area (Å²) in [5.74, 6) is 0.280. The Morgan fingerprint density at radius 2 is 2.31 bits per heavy atom. The molecule has 0 aromatic rings. The molecule has 2 rings (SSSR count). The van der Waals surface area contributed by atoms with Crippen LogP contribution in [0.15, 0.2) is 12.2 Å². The number of amides is 1. The van der Waals surface area contributed by atoms with E-state index in [1.165, 1.54) is 0 Å². The highest BCUT2D eigenvalue weighted by molar-refractivity contribution is 9.10. The first-order chi connectivity index (χ1) is 6.29. The van der Waals surface area contributed by atoms with Crippen LogP contribution in [0.3, 0.4) is 0 Å². The second-order valence-corrected chi connectivity index (χ2v) is 4.82. The number of rotatable bonds is 1. The van der Waals surface area contributed by atoms with E-state index in [1.54, 1.807) is 0 Å². The molecule has 2 unspecified atom stereocenters. The van der Waals surface area contributed by atoms with E-state index in [4.69, 9.17) is 0 Å². The Morgan fingerprint density at radius 3 is 3.00 bits per heavy atom. The smallest absolute Gasteiger partial charge is 0.236 e. The molecule has 0 aromatic carbocycles. The average Bonchev–Trinajstić information content (AvgIpc) is 2.62. The zero-order valence-electron chi connectivity index (χ0n) is 7.58. The number of halogens is 1. The van der Waals surface area contributed by atoms with Gasteiger partial charge in [-0.1, -0.05) is 28.1 Å². The number of hydrogen-bond donors (Lipinski definition) is 0. The maximum Gasteiger partial charge on any atom is 0.236 e. The van der Waals surface area contributed by atoms with Gasteiger partial charge >= 0.3 is 0 Å². The first kappa shape index (κ1) is 9.25. The van der Waals surface area contributed by atoms with E-state index in [9.17, 15) is 4.79 Å². The number of hydrogen-bond acceptors (Lipinski definition) is 1. The Morgan fingerprint density at radius 1 is 1.46 bits per heavy atom. The maximum atomic E-state index is 11.8. The molecule has 1 amide bonds. The van der Waals surface area contributed by atoms with Crippen molar-refractivity contribution >= 4 is 21.8 Å². The van der Waals surface area contributed by atoms with Gasteiger partial charge in [0.15, 0.2) is 0 Å². The molecule has 13 heavy (non-hydrogen) atoms. The van der Waals surface area contributed by atoms with Crippen molar-refractivity contribution in [3.05, 3.63) is 12.2 Å². The molecule has 0 N–H and O–H groups in total. The Kier molecular flexibility index (Phi) is 2.72. The maximum absolute atomic E-state index is 11.8. The lowest BCUT2D eigenvalue weighted by Crippen LogP contribution is -2.46. The largest absolute Gasteiger partial charge is 0.335 e. The second kappa shape index (κ2) is 3.82. The van der Waals surface area contributed by atoms with Crippen LogP contribution < -0.4 is 0 Å². The van der Waals surface area contributed by atoms with E-state index in [0.717, 1.165) is 32.2 Å².